The summed E-state index contributed by atoms with van der Waals surface area (Å²) in [6, 6.07) is 13.4. The van der Waals surface area contributed by atoms with Crippen molar-refractivity contribution in [3.8, 4) is 0 Å². The van der Waals surface area contributed by atoms with Crippen molar-refractivity contribution < 1.29 is 14.3 Å². The van der Waals surface area contributed by atoms with E-state index < -0.39 is 5.97 Å². The van der Waals surface area contributed by atoms with Gasteiger partial charge in [-0.15, -0.1) is 0 Å². The lowest BCUT2D eigenvalue weighted by molar-refractivity contribution is -0.111. The number of para-hydroxylation sites is 1. The molecular formula is C26H31NO3. The SMILES string of the molecule is COC(=O)c1ccccc1NC(=O)/C=C(\C)c1ccc2c(c1)C(C)(C)CCC2(C)C. The topological polar surface area (TPSA) is 55.4 Å². The summed E-state index contributed by atoms with van der Waals surface area (Å²) in [5.74, 6) is -0.757. The van der Waals surface area contributed by atoms with E-state index in [2.05, 4.69) is 51.2 Å². The van der Waals surface area contributed by atoms with Gasteiger partial charge >= 0.3 is 5.97 Å². The Bertz CT molecular complexity index is 1010. The van der Waals surface area contributed by atoms with Crippen molar-refractivity contribution in [2.75, 3.05) is 12.4 Å². The van der Waals surface area contributed by atoms with Crippen LogP contribution in [-0.2, 0) is 20.4 Å². The summed E-state index contributed by atoms with van der Waals surface area (Å²) < 4.78 is 4.79. The van der Waals surface area contributed by atoms with Crippen LogP contribution in [0.5, 0.6) is 0 Å². The molecule has 1 aliphatic rings. The Morgan fingerprint density at radius 3 is 2.27 bits per heavy atom. The molecule has 1 amide bonds. The summed E-state index contributed by atoms with van der Waals surface area (Å²) in [6.45, 7) is 11.1. The van der Waals surface area contributed by atoms with E-state index in [1.165, 1.54) is 24.7 Å². The number of hydrogen-bond acceptors (Lipinski definition) is 3. The number of methoxy groups -OCH3 is 1. The Balaban J connectivity index is 1.88. The zero-order valence-corrected chi connectivity index (χ0v) is 18.8. The van der Waals surface area contributed by atoms with Crippen LogP contribution in [-0.4, -0.2) is 19.0 Å². The molecule has 0 saturated carbocycles. The fourth-order valence-corrected chi connectivity index (χ4v) is 4.16. The molecule has 2 aromatic carbocycles. The second-order valence-corrected chi connectivity index (χ2v) is 9.38. The number of esters is 1. The summed E-state index contributed by atoms with van der Waals surface area (Å²) in [5.41, 5.74) is 5.72. The number of carbonyl (C=O) groups excluding carboxylic acids is 2. The van der Waals surface area contributed by atoms with Crippen LogP contribution in [0.3, 0.4) is 0 Å². The van der Waals surface area contributed by atoms with Gasteiger partial charge in [-0.1, -0.05) is 58.0 Å². The minimum Gasteiger partial charge on any atom is -0.465 e. The van der Waals surface area contributed by atoms with Gasteiger partial charge in [0, 0.05) is 6.08 Å². The van der Waals surface area contributed by atoms with Crippen molar-refractivity contribution in [1.29, 1.82) is 0 Å². The minimum atomic E-state index is -0.480. The average Bonchev–Trinajstić information content (AvgIpc) is 2.71. The van der Waals surface area contributed by atoms with Crippen molar-refractivity contribution in [2.24, 2.45) is 0 Å². The van der Waals surface area contributed by atoms with Crippen molar-refractivity contribution in [2.45, 2.75) is 58.3 Å². The fourth-order valence-electron chi connectivity index (χ4n) is 4.16. The highest BCUT2D eigenvalue weighted by molar-refractivity contribution is 6.07. The Morgan fingerprint density at radius 2 is 1.60 bits per heavy atom. The van der Waals surface area contributed by atoms with Gasteiger partial charge in [-0.05, 0) is 65.0 Å². The van der Waals surface area contributed by atoms with Gasteiger partial charge in [0.15, 0.2) is 0 Å². The van der Waals surface area contributed by atoms with E-state index in [4.69, 9.17) is 4.74 Å². The number of hydrogen-bond donors (Lipinski definition) is 1. The van der Waals surface area contributed by atoms with Crippen molar-refractivity contribution in [3.05, 3.63) is 70.8 Å². The Morgan fingerprint density at radius 1 is 0.967 bits per heavy atom. The van der Waals surface area contributed by atoms with Gasteiger partial charge in [-0.2, -0.15) is 0 Å². The first-order valence-electron chi connectivity index (χ1n) is 10.4. The molecule has 0 spiro atoms. The standard InChI is InChI=1S/C26H31NO3/c1-17(15-23(28)27-22-10-8-7-9-19(22)24(29)30-6)18-11-12-20-21(16-18)26(4,5)14-13-25(20,2)3/h7-12,15-16H,13-14H2,1-6H3,(H,27,28)/b17-15+. The lowest BCUT2D eigenvalue weighted by Gasteiger charge is -2.42. The zero-order chi connectivity index (χ0) is 22.1. The van der Waals surface area contributed by atoms with Crippen LogP contribution in [0.25, 0.3) is 5.57 Å². The molecule has 1 aliphatic carbocycles. The predicted octanol–water partition coefficient (Wildman–Crippen LogP) is 5.86. The van der Waals surface area contributed by atoms with Crippen molar-refractivity contribution >= 4 is 23.1 Å². The summed E-state index contributed by atoms with van der Waals surface area (Å²) in [4.78, 5) is 24.6. The molecule has 4 nitrogen and oxygen atoms in total. The fraction of sp³-hybridized carbons (Fsp3) is 0.385. The molecule has 4 heteroatoms. The molecule has 0 fully saturated rings. The maximum atomic E-state index is 12.6. The number of ether oxygens (including phenoxy) is 1. The van der Waals surface area contributed by atoms with E-state index in [9.17, 15) is 9.59 Å². The average molecular weight is 406 g/mol. The highest BCUT2D eigenvalue weighted by Crippen LogP contribution is 2.46. The number of allylic oxidation sites excluding steroid dienone is 1. The van der Waals surface area contributed by atoms with Crippen LogP contribution >= 0.6 is 0 Å². The highest BCUT2D eigenvalue weighted by Gasteiger charge is 2.36. The van der Waals surface area contributed by atoms with Gasteiger partial charge in [0.25, 0.3) is 0 Å². The van der Waals surface area contributed by atoms with E-state index in [0.29, 0.717) is 11.3 Å². The minimum absolute atomic E-state index is 0.114. The Labute approximate surface area is 179 Å². The lowest BCUT2D eigenvalue weighted by atomic mass is 9.63. The molecule has 0 saturated heterocycles. The molecule has 0 heterocycles. The third-order valence-electron chi connectivity index (χ3n) is 6.25. The summed E-state index contributed by atoms with van der Waals surface area (Å²) in [5, 5.41) is 2.80. The molecular weight excluding hydrogens is 374 g/mol. The first kappa shape index (κ1) is 21.8. The monoisotopic (exact) mass is 405 g/mol. The zero-order valence-electron chi connectivity index (χ0n) is 18.8. The molecule has 0 aliphatic heterocycles. The third-order valence-corrected chi connectivity index (χ3v) is 6.25. The lowest BCUT2D eigenvalue weighted by Crippen LogP contribution is -2.33. The number of carbonyl (C=O) groups is 2. The summed E-state index contributed by atoms with van der Waals surface area (Å²) in [6.07, 6.45) is 3.89. The molecule has 0 atom stereocenters. The van der Waals surface area contributed by atoms with Gasteiger partial charge in [-0.3, -0.25) is 4.79 Å². The maximum Gasteiger partial charge on any atom is 0.339 e. The number of amides is 1. The molecule has 30 heavy (non-hydrogen) atoms. The van der Waals surface area contributed by atoms with E-state index in [0.717, 1.165) is 17.6 Å². The molecule has 2 aromatic rings. The number of benzene rings is 2. The quantitative estimate of drug-likeness (QED) is 0.512. The first-order chi connectivity index (χ1) is 14.0. The van der Waals surface area contributed by atoms with Crippen LogP contribution < -0.4 is 5.32 Å². The van der Waals surface area contributed by atoms with E-state index in [-0.39, 0.29) is 16.7 Å². The maximum absolute atomic E-state index is 12.6. The second-order valence-electron chi connectivity index (χ2n) is 9.38. The summed E-state index contributed by atoms with van der Waals surface area (Å²) >= 11 is 0. The number of nitrogens with one attached hydrogen (secondary N) is 1. The normalized spacial score (nSPS) is 17.1. The van der Waals surface area contributed by atoms with Crippen LogP contribution in [0.1, 0.15) is 74.5 Å². The molecule has 1 N–H and O–H groups in total. The van der Waals surface area contributed by atoms with Gasteiger partial charge < -0.3 is 10.1 Å². The van der Waals surface area contributed by atoms with Gasteiger partial charge in [0.1, 0.15) is 0 Å². The predicted molar refractivity (Wildman–Crippen MR) is 122 cm³/mol. The molecule has 0 unspecified atom stereocenters. The van der Waals surface area contributed by atoms with Crippen LogP contribution in [0.15, 0.2) is 48.5 Å². The van der Waals surface area contributed by atoms with Crippen LogP contribution in [0.4, 0.5) is 5.69 Å². The Kier molecular flexibility index (Phi) is 5.89. The third kappa shape index (κ3) is 4.33. The largest absolute Gasteiger partial charge is 0.465 e. The molecule has 0 radical (unpaired) electrons. The van der Waals surface area contributed by atoms with Gasteiger partial charge in [-0.25, -0.2) is 4.79 Å². The second kappa shape index (κ2) is 8.10. The summed E-state index contributed by atoms with van der Waals surface area (Å²) in [7, 11) is 1.32. The highest BCUT2D eigenvalue weighted by atomic mass is 16.5. The molecule has 0 aromatic heterocycles. The van der Waals surface area contributed by atoms with Gasteiger partial charge in [0.2, 0.25) is 5.91 Å². The molecule has 158 valence electrons. The smallest absolute Gasteiger partial charge is 0.339 e. The van der Waals surface area contributed by atoms with Crippen molar-refractivity contribution in [3.63, 3.8) is 0 Å². The number of rotatable bonds is 4. The number of anilines is 1. The van der Waals surface area contributed by atoms with Gasteiger partial charge in [0.05, 0.1) is 18.4 Å². The van der Waals surface area contributed by atoms with Crippen LogP contribution in [0.2, 0.25) is 0 Å². The number of fused-ring (bicyclic) bond motifs is 1. The van der Waals surface area contributed by atoms with E-state index in [1.54, 1.807) is 30.3 Å². The molecule has 0 bridgehead atoms. The van der Waals surface area contributed by atoms with Crippen LogP contribution in [0, 0.1) is 0 Å². The van der Waals surface area contributed by atoms with E-state index in [1.807, 2.05) is 6.92 Å². The van der Waals surface area contributed by atoms with E-state index >= 15 is 0 Å². The van der Waals surface area contributed by atoms with Crippen molar-refractivity contribution in [1.82, 2.24) is 0 Å². The first-order valence-corrected chi connectivity index (χ1v) is 10.4. The molecule has 3 rings (SSSR count). The Hall–Kier alpha value is -2.88.